The molecule has 0 unspecified atom stereocenters. The van der Waals surface area contributed by atoms with E-state index in [0.717, 1.165) is 65.5 Å². The molecule has 43 heavy (non-hydrogen) atoms. The van der Waals surface area contributed by atoms with Crippen LogP contribution < -0.4 is 28.1 Å². The molecule has 1 saturated heterocycles. The number of carboxylic acid groups (broad SMARTS) is 1. The summed E-state index contributed by atoms with van der Waals surface area (Å²) in [5.74, 6) is -0.547. The van der Waals surface area contributed by atoms with Crippen LogP contribution in [-0.4, -0.2) is 69.0 Å². The molecular weight excluding hydrogens is 651 g/mol. The number of aliphatic carboxylic acids is 1. The third-order valence-electron chi connectivity index (χ3n) is 9.02. The standard InChI is InChI=1S/C36H54IN2O4/c1-8-10-18-39(29-13-11-12-26(20-29)23-37(5,6)7)33(40)25-38-24-30(27-14-15-32-28(21-27)16-19-43-32)34(35(41)42)31(38)22-36(3,4)17-9-2/h11-15,20-21,30-31,34H,8-10,16-19,22-25H2,1-7H3,(H,41,42)/q-1/t30-,31+,34-/m1/s1. The minimum absolute atomic E-state index is 0.0245. The van der Waals surface area contributed by atoms with Crippen LogP contribution in [0.5, 0.6) is 5.75 Å². The Kier molecular flexibility index (Phi) is 11.2. The van der Waals surface area contributed by atoms with Crippen molar-refractivity contribution < 1.29 is 37.9 Å². The van der Waals surface area contributed by atoms with E-state index in [2.05, 4.69) is 77.7 Å². The van der Waals surface area contributed by atoms with Gasteiger partial charge in [0.25, 0.3) is 0 Å². The molecule has 0 saturated carbocycles. The van der Waals surface area contributed by atoms with Gasteiger partial charge in [0.2, 0.25) is 0 Å². The molecule has 1 fully saturated rings. The van der Waals surface area contributed by atoms with Crippen molar-refractivity contribution in [2.24, 2.45) is 11.3 Å². The van der Waals surface area contributed by atoms with Crippen LogP contribution in [0.4, 0.5) is 5.69 Å². The average molecular weight is 706 g/mol. The number of anilines is 1. The first-order valence-electron chi connectivity index (χ1n) is 16.0. The van der Waals surface area contributed by atoms with Crippen LogP contribution in [0, 0.1) is 11.3 Å². The zero-order valence-corrected chi connectivity index (χ0v) is 29.7. The maximum atomic E-state index is 14.2. The molecule has 2 aliphatic rings. The van der Waals surface area contributed by atoms with Gasteiger partial charge in [-0.05, 0) is 11.6 Å². The molecule has 2 aromatic rings. The molecule has 2 heterocycles. The Morgan fingerprint density at radius 2 is 1.86 bits per heavy atom. The number of amides is 1. The number of benzene rings is 2. The van der Waals surface area contributed by atoms with E-state index in [4.69, 9.17) is 4.74 Å². The van der Waals surface area contributed by atoms with Crippen LogP contribution in [-0.2, 0) is 20.4 Å². The van der Waals surface area contributed by atoms with Gasteiger partial charge < -0.3 is 4.74 Å². The fourth-order valence-corrected chi connectivity index (χ4v) is 10.2. The monoisotopic (exact) mass is 705 g/mol. The van der Waals surface area contributed by atoms with Crippen LogP contribution >= 0.6 is 0 Å². The van der Waals surface area contributed by atoms with Gasteiger partial charge in [0.15, 0.2) is 0 Å². The summed E-state index contributed by atoms with van der Waals surface area (Å²) in [5.41, 5.74) is 4.46. The molecule has 4 rings (SSSR count). The number of fused-ring (bicyclic) bond motifs is 1. The summed E-state index contributed by atoms with van der Waals surface area (Å²) in [7, 11) is 0. The number of hydrogen-bond donors (Lipinski definition) is 1. The van der Waals surface area contributed by atoms with E-state index in [0.29, 0.717) is 19.7 Å². The van der Waals surface area contributed by atoms with Gasteiger partial charge in [0, 0.05) is 6.42 Å². The second kappa shape index (κ2) is 14.3. The van der Waals surface area contributed by atoms with Crippen LogP contribution in [0.1, 0.15) is 82.4 Å². The fourth-order valence-electron chi connectivity index (χ4n) is 7.11. The van der Waals surface area contributed by atoms with Gasteiger partial charge in [-0.3, -0.25) is 0 Å². The van der Waals surface area contributed by atoms with Gasteiger partial charge in [0.1, 0.15) is 5.75 Å². The number of likely N-dealkylation sites (tertiary alicyclic amines) is 1. The summed E-state index contributed by atoms with van der Waals surface area (Å²) in [6.07, 6.45) is 5.60. The number of ether oxygens (including phenoxy) is 1. The minimum atomic E-state index is -1.75. The van der Waals surface area contributed by atoms with Gasteiger partial charge >= 0.3 is 217 Å². The van der Waals surface area contributed by atoms with Gasteiger partial charge in [-0.25, -0.2) is 0 Å². The van der Waals surface area contributed by atoms with Crippen LogP contribution in [0.15, 0.2) is 42.5 Å². The van der Waals surface area contributed by atoms with Gasteiger partial charge in [0.05, 0.1) is 6.61 Å². The summed E-state index contributed by atoms with van der Waals surface area (Å²) >= 11 is -1.75. The topological polar surface area (TPSA) is 70.1 Å². The molecule has 1 amide bonds. The van der Waals surface area contributed by atoms with E-state index in [1.807, 2.05) is 17.0 Å². The summed E-state index contributed by atoms with van der Waals surface area (Å²) in [4.78, 5) is 38.7. The van der Waals surface area contributed by atoms with Crippen molar-refractivity contribution in [3.05, 3.63) is 59.2 Å². The predicted molar refractivity (Wildman–Crippen MR) is 173 cm³/mol. The number of carboxylic acids is 1. The third-order valence-corrected chi connectivity index (χ3v) is 12.2. The molecule has 2 aromatic carbocycles. The van der Waals surface area contributed by atoms with Crippen molar-refractivity contribution in [2.45, 2.75) is 82.6 Å². The second-order valence-electron chi connectivity index (χ2n) is 14.2. The van der Waals surface area contributed by atoms with Gasteiger partial charge in [-0.15, -0.1) is 0 Å². The zero-order valence-electron chi connectivity index (χ0n) is 27.5. The maximum absolute atomic E-state index is 14.2. The summed E-state index contributed by atoms with van der Waals surface area (Å²) in [6.45, 7) is 11.0. The quantitative estimate of drug-likeness (QED) is 0.240. The van der Waals surface area contributed by atoms with Crippen molar-refractivity contribution in [2.75, 3.05) is 45.9 Å². The number of unbranched alkanes of at least 4 members (excludes halogenated alkanes) is 1. The van der Waals surface area contributed by atoms with E-state index >= 15 is 0 Å². The molecule has 7 heteroatoms. The Labute approximate surface area is 264 Å². The van der Waals surface area contributed by atoms with Crippen LogP contribution in [0.2, 0.25) is 0 Å². The number of hydrogen-bond acceptors (Lipinski definition) is 4. The van der Waals surface area contributed by atoms with E-state index in [1.54, 1.807) is 0 Å². The van der Waals surface area contributed by atoms with Crippen molar-refractivity contribution in [3.8, 4) is 5.75 Å². The molecular formula is C36H54IN2O4-. The van der Waals surface area contributed by atoms with Gasteiger partial charge in [-0.2, -0.15) is 0 Å². The number of halogens is 1. The van der Waals surface area contributed by atoms with Crippen molar-refractivity contribution in [1.82, 2.24) is 4.90 Å². The molecule has 0 bridgehead atoms. The molecule has 0 spiro atoms. The Morgan fingerprint density at radius 1 is 1.09 bits per heavy atom. The van der Waals surface area contributed by atoms with Gasteiger partial charge in [-0.1, -0.05) is 13.3 Å². The first kappa shape index (κ1) is 33.8. The summed E-state index contributed by atoms with van der Waals surface area (Å²) in [5, 5.41) is 10.7. The number of nitrogens with zero attached hydrogens (tertiary/aromatic N) is 2. The summed E-state index contributed by atoms with van der Waals surface area (Å²) < 4.78 is 6.86. The van der Waals surface area contributed by atoms with E-state index in [9.17, 15) is 14.7 Å². The molecule has 240 valence electrons. The van der Waals surface area contributed by atoms with Crippen molar-refractivity contribution in [3.63, 3.8) is 0 Å². The molecule has 6 nitrogen and oxygen atoms in total. The van der Waals surface area contributed by atoms with E-state index in [-0.39, 0.29) is 29.8 Å². The number of rotatable bonds is 14. The Bertz CT molecular complexity index is 1270. The van der Waals surface area contributed by atoms with Crippen molar-refractivity contribution in [1.29, 1.82) is 0 Å². The number of alkyl halides is 4. The third kappa shape index (κ3) is 8.74. The Hall–Kier alpha value is -2.13. The molecule has 2 aliphatic heterocycles. The Balaban J connectivity index is 1.66. The summed E-state index contributed by atoms with van der Waals surface area (Å²) in [6, 6.07) is 14.5. The zero-order chi connectivity index (χ0) is 31.4. The second-order valence-corrected chi connectivity index (χ2v) is 26.0. The predicted octanol–water partition coefficient (Wildman–Crippen LogP) is 3.69. The number of carbonyl (C=O) groups excluding carboxylic acids is 1. The Morgan fingerprint density at radius 3 is 2.53 bits per heavy atom. The number of carbonyl (C=O) groups is 2. The van der Waals surface area contributed by atoms with E-state index in [1.165, 1.54) is 5.56 Å². The molecule has 0 radical (unpaired) electrons. The molecule has 0 aromatic heterocycles. The normalized spacial score (nSPS) is 21.0. The SMILES string of the molecule is CCCCN(C(=O)CN1C[C@H](c2ccc3c(c2)CCO3)[C@@H](C(=O)O)[C@@H]1CC(C)(C)CCC)c1cccc(C[I-](C)(C)C)c1. The fraction of sp³-hybridized carbons (Fsp3) is 0.611. The first-order chi connectivity index (χ1) is 20.3. The molecule has 0 aliphatic carbocycles. The first-order valence-corrected chi connectivity index (χ1v) is 24.0. The molecule has 3 atom stereocenters. The van der Waals surface area contributed by atoms with E-state index < -0.39 is 30.3 Å². The molecule has 1 N–H and O–H groups in total. The van der Waals surface area contributed by atoms with Crippen LogP contribution in [0.3, 0.4) is 0 Å². The van der Waals surface area contributed by atoms with Crippen LogP contribution in [0.25, 0.3) is 0 Å². The average Bonchev–Trinajstić information content (AvgIpc) is 3.52. The van der Waals surface area contributed by atoms with Crippen molar-refractivity contribution >= 4 is 17.6 Å².